The average molecular weight is 344 g/mol. The fourth-order valence-corrected chi connectivity index (χ4v) is 2.79. The normalized spacial score (nSPS) is 14.2. The zero-order chi connectivity index (χ0) is 17.1. The summed E-state index contributed by atoms with van der Waals surface area (Å²) in [4.78, 5) is 27.9. The number of carbonyl (C=O) groups excluding carboxylic acids is 2. The molecule has 2 aromatic rings. The number of amides is 3. The second kappa shape index (κ2) is 6.93. The van der Waals surface area contributed by atoms with Crippen LogP contribution < -0.4 is 10.2 Å². The van der Waals surface area contributed by atoms with Gasteiger partial charge in [-0.3, -0.25) is 9.69 Å². The summed E-state index contributed by atoms with van der Waals surface area (Å²) in [5, 5.41) is 3.48. The number of benzene rings is 2. The van der Waals surface area contributed by atoms with Crippen molar-refractivity contribution in [1.29, 1.82) is 0 Å². The topological polar surface area (TPSA) is 52.7 Å². The predicted octanol–water partition coefficient (Wildman–Crippen LogP) is 3.53. The van der Waals surface area contributed by atoms with E-state index in [9.17, 15) is 9.59 Å². The van der Waals surface area contributed by atoms with Crippen LogP contribution in [0.2, 0.25) is 5.02 Å². The molecule has 0 radical (unpaired) electrons. The van der Waals surface area contributed by atoms with Crippen LogP contribution in [0.3, 0.4) is 0 Å². The smallest absolute Gasteiger partial charge is 0.324 e. The molecule has 1 fully saturated rings. The lowest BCUT2D eigenvalue weighted by atomic mass is 10.2. The number of rotatable bonds is 4. The maximum absolute atomic E-state index is 12.5. The Kier molecular flexibility index (Phi) is 4.71. The number of hydrogen-bond acceptors (Lipinski definition) is 2. The van der Waals surface area contributed by atoms with Crippen molar-refractivity contribution < 1.29 is 9.59 Å². The number of para-hydroxylation sites is 1. The third-order valence-electron chi connectivity index (χ3n) is 3.99. The average Bonchev–Trinajstić information content (AvgIpc) is 2.91. The van der Waals surface area contributed by atoms with E-state index in [2.05, 4.69) is 5.32 Å². The van der Waals surface area contributed by atoms with Gasteiger partial charge in [0.25, 0.3) is 0 Å². The summed E-state index contributed by atoms with van der Waals surface area (Å²) in [7, 11) is 0. The minimum absolute atomic E-state index is 0.0389. The van der Waals surface area contributed by atoms with E-state index < -0.39 is 0 Å². The van der Waals surface area contributed by atoms with Gasteiger partial charge in [0.05, 0.1) is 0 Å². The van der Waals surface area contributed by atoms with Crippen molar-refractivity contribution in [3.63, 3.8) is 0 Å². The van der Waals surface area contributed by atoms with E-state index in [1.807, 2.05) is 31.2 Å². The Bertz CT molecular complexity index is 761. The van der Waals surface area contributed by atoms with E-state index in [0.717, 1.165) is 16.9 Å². The van der Waals surface area contributed by atoms with Gasteiger partial charge < -0.3 is 10.2 Å². The molecular weight excluding hydrogens is 326 g/mol. The van der Waals surface area contributed by atoms with Crippen LogP contribution in [0.4, 0.5) is 16.2 Å². The van der Waals surface area contributed by atoms with Gasteiger partial charge in [-0.2, -0.15) is 0 Å². The van der Waals surface area contributed by atoms with Crippen LogP contribution in [0, 0.1) is 6.92 Å². The molecule has 6 heteroatoms. The minimum atomic E-state index is -0.199. The molecule has 1 aliphatic rings. The van der Waals surface area contributed by atoms with Crippen molar-refractivity contribution in [3.8, 4) is 0 Å². The Morgan fingerprint density at radius 3 is 2.54 bits per heavy atom. The van der Waals surface area contributed by atoms with Crippen LogP contribution >= 0.6 is 11.6 Å². The fourth-order valence-electron chi connectivity index (χ4n) is 2.67. The maximum atomic E-state index is 12.5. The Labute approximate surface area is 145 Å². The van der Waals surface area contributed by atoms with Crippen molar-refractivity contribution >= 4 is 34.9 Å². The zero-order valence-electron chi connectivity index (χ0n) is 13.3. The van der Waals surface area contributed by atoms with E-state index in [4.69, 9.17) is 11.6 Å². The van der Waals surface area contributed by atoms with Crippen molar-refractivity contribution in [2.45, 2.75) is 6.92 Å². The van der Waals surface area contributed by atoms with Crippen LogP contribution in [0.15, 0.2) is 48.5 Å². The van der Waals surface area contributed by atoms with Crippen LogP contribution in [0.5, 0.6) is 0 Å². The van der Waals surface area contributed by atoms with Crippen molar-refractivity contribution in [2.24, 2.45) is 0 Å². The molecule has 1 saturated heterocycles. The molecule has 3 rings (SSSR count). The standard InChI is InChI=1S/C18H18ClN3O2/c1-13-4-2-3-5-16(13)20-17(23)12-21-10-11-22(18(21)24)15-8-6-14(19)7-9-15/h2-9H,10-12H2,1H3,(H,20,23). The molecule has 0 unspecified atom stereocenters. The highest BCUT2D eigenvalue weighted by molar-refractivity contribution is 6.30. The fraction of sp³-hybridized carbons (Fsp3) is 0.222. The van der Waals surface area contributed by atoms with Gasteiger partial charge in [-0.15, -0.1) is 0 Å². The van der Waals surface area contributed by atoms with Gasteiger partial charge in [-0.25, -0.2) is 4.79 Å². The van der Waals surface area contributed by atoms with E-state index in [1.165, 1.54) is 0 Å². The second-order valence-corrected chi connectivity index (χ2v) is 6.13. The largest absolute Gasteiger partial charge is 0.325 e. The second-order valence-electron chi connectivity index (χ2n) is 5.70. The first-order chi connectivity index (χ1) is 11.5. The molecule has 124 valence electrons. The summed E-state index contributed by atoms with van der Waals surface area (Å²) in [6.45, 7) is 3.04. The zero-order valence-corrected chi connectivity index (χ0v) is 14.1. The first-order valence-electron chi connectivity index (χ1n) is 7.72. The summed E-state index contributed by atoms with van der Waals surface area (Å²) in [6, 6.07) is 14.5. The van der Waals surface area contributed by atoms with Gasteiger partial charge in [0.1, 0.15) is 6.54 Å². The summed E-state index contributed by atoms with van der Waals surface area (Å²) in [6.07, 6.45) is 0. The first-order valence-corrected chi connectivity index (χ1v) is 8.10. The lowest BCUT2D eigenvalue weighted by Crippen LogP contribution is -2.37. The Morgan fingerprint density at radius 2 is 1.83 bits per heavy atom. The van der Waals surface area contributed by atoms with Crippen LogP contribution in [-0.4, -0.2) is 36.5 Å². The van der Waals surface area contributed by atoms with E-state index in [0.29, 0.717) is 18.1 Å². The highest BCUT2D eigenvalue weighted by Gasteiger charge is 2.30. The third-order valence-corrected chi connectivity index (χ3v) is 4.24. The first kappa shape index (κ1) is 16.3. The van der Waals surface area contributed by atoms with E-state index in [1.54, 1.807) is 34.1 Å². The molecule has 3 amide bonds. The number of halogens is 1. The highest BCUT2D eigenvalue weighted by atomic mass is 35.5. The van der Waals surface area contributed by atoms with Gasteiger partial charge in [0.15, 0.2) is 0 Å². The summed E-state index contributed by atoms with van der Waals surface area (Å²) in [5.41, 5.74) is 2.54. The minimum Gasteiger partial charge on any atom is -0.324 e. The summed E-state index contributed by atoms with van der Waals surface area (Å²) >= 11 is 5.88. The third kappa shape index (κ3) is 3.51. The van der Waals surface area contributed by atoms with Gasteiger partial charge in [-0.05, 0) is 42.8 Å². The van der Waals surface area contributed by atoms with Crippen LogP contribution in [0.1, 0.15) is 5.56 Å². The molecule has 1 heterocycles. The molecule has 1 aliphatic heterocycles. The lowest BCUT2D eigenvalue weighted by Gasteiger charge is -2.18. The molecule has 0 bridgehead atoms. The SMILES string of the molecule is Cc1ccccc1NC(=O)CN1CCN(c2ccc(Cl)cc2)C1=O. The predicted molar refractivity (Wildman–Crippen MR) is 95.6 cm³/mol. The molecule has 5 nitrogen and oxygen atoms in total. The number of nitrogens with zero attached hydrogens (tertiary/aromatic N) is 2. The molecule has 0 atom stereocenters. The molecule has 0 spiro atoms. The quantitative estimate of drug-likeness (QED) is 0.923. The number of carbonyl (C=O) groups is 2. The van der Waals surface area contributed by atoms with Crippen molar-refractivity contribution in [2.75, 3.05) is 29.9 Å². The van der Waals surface area contributed by atoms with Crippen molar-refractivity contribution in [1.82, 2.24) is 4.90 Å². The number of hydrogen-bond donors (Lipinski definition) is 1. The molecule has 0 saturated carbocycles. The maximum Gasteiger partial charge on any atom is 0.325 e. The molecule has 0 aromatic heterocycles. The summed E-state index contributed by atoms with van der Waals surface area (Å²) in [5.74, 6) is -0.199. The van der Waals surface area contributed by atoms with Crippen LogP contribution in [-0.2, 0) is 4.79 Å². The Hall–Kier alpha value is -2.53. The van der Waals surface area contributed by atoms with Crippen LogP contribution in [0.25, 0.3) is 0 Å². The lowest BCUT2D eigenvalue weighted by molar-refractivity contribution is -0.116. The molecule has 2 aromatic carbocycles. The number of urea groups is 1. The molecule has 0 aliphatic carbocycles. The number of nitrogens with one attached hydrogen (secondary N) is 1. The monoisotopic (exact) mass is 343 g/mol. The van der Waals surface area contributed by atoms with E-state index >= 15 is 0 Å². The number of anilines is 2. The van der Waals surface area contributed by atoms with Crippen molar-refractivity contribution in [3.05, 3.63) is 59.1 Å². The molecule has 1 N–H and O–H groups in total. The molecular formula is C18H18ClN3O2. The van der Waals surface area contributed by atoms with E-state index in [-0.39, 0.29) is 18.5 Å². The van der Waals surface area contributed by atoms with Gasteiger partial charge in [0.2, 0.25) is 5.91 Å². The Balaban J connectivity index is 1.62. The molecule has 24 heavy (non-hydrogen) atoms. The highest BCUT2D eigenvalue weighted by Crippen LogP contribution is 2.22. The number of aryl methyl sites for hydroxylation is 1. The Morgan fingerprint density at radius 1 is 1.12 bits per heavy atom. The summed E-state index contributed by atoms with van der Waals surface area (Å²) < 4.78 is 0. The van der Waals surface area contributed by atoms with Gasteiger partial charge >= 0.3 is 6.03 Å². The van der Waals surface area contributed by atoms with Gasteiger partial charge in [0, 0.05) is 29.5 Å². The van der Waals surface area contributed by atoms with Gasteiger partial charge in [-0.1, -0.05) is 29.8 Å².